The maximum Gasteiger partial charge on any atom is 0.279 e. The van der Waals surface area contributed by atoms with Gasteiger partial charge in [0.2, 0.25) is 0 Å². The summed E-state index contributed by atoms with van der Waals surface area (Å²) in [5.41, 5.74) is 0.740. The van der Waals surface area contributed by atoms with Gasteiger partial charge in [0, 0.05) is 11.8 Å². The number of hydrogen-bond acceptors (Lipinski definition) is 3. The van der Waals surface area contributed by atoms with Gasteiger partial charge in [-0.3, -0.25) is 4.79 Å². The van der Waals surface area contributed by atoms with Crippen molar-refractivity contribution in [3.63, 3.8) is 0 Å². The Morgan fingerprint density at radius 1 is 1.35 bits per heavy atom. The van der Waals surface area contributed by atoms with E-state index in [0.29, 0.717) is 25.5 Å². The molecule has 0 unspecified atom stereocenters. The average Bonchev–Trinajstić information content (AvgIpc) is 2.36. The van der Waals surface area contributed by atoms with E-state index in [4.69, 9.17) is 9.47 Å². The molecule has 3 N–H and O–H groups in total. The molecule has 1 aromatic rings. The van der Waals surface area contributed by atoms with Crippen molar-refractivity contribution in [2.75, 3.05) is 31.6 Å². The zero-order chi connectivity index (χ0) is 12.1. The predicted octanol–water partition coefficient (Wildman–Crippen LogP) is -0.0204. The van der Waals surface area contributed by atoms with Gasteiger partial charge in [0.1, 0.15) is 13.2 Å². The summed E-state index contributed by atoms with van der Waals surface area (Å²) in [5, 5.41) is 4.76. The number of amides is 1. The fourth-order valence-electron chi connectivity index (χ4n) is 1.61. The standard InChI is InChI=1S/C12H16N2O3/c1-2-13-8-12(15)14-9-3-4-10-11(7-9)17-6-5-16-10/h3-4,7,13H,2,5-6,8H2,1H3,(H,14,15)/p+1. The van der Waals surface area contributed by atoms with Crippen LogP contribution in [0.5, 0.6) is 11.5 Å². The number of nitrogens with one attached hydrogen (secondary N) is 1. The number of likely N-dealkylation sites (N-methyl/N-ethyl adjacent to an activating group) is 1. The van der Waals surface area contributed by atoms with Gasteiger partial charge in [-0.05, 0) is 19.1 Å². The van der Waals surface area contributed by atoms with E-state index in [1.807, 2.05) is 24.4 Å². The molecule has 0 fully saturated rings. The summed E-state index contributed by atoms with van der Waals surface area (Å²) < 4.78 is 10.8. The van der Waals surface area contributed by atoms with Crippen molar-refractivity contribution in [3.05, 3.63) is 18.2 Å². The molecule has 0 saturated heterocycles. The first kappa shape index (κ1) is 11.7. The third-order valence-electron chi connectivity index (χ3n) is 2.44. The molecule has 5 heteroatoms. The third-order valence-corrected chi connectivity index (χ3v) is 2.44. The normalized spacial score (nSPS) is 13.2. The number of anilines is 1. The van der Waals surface area contributed by atoms with Gasteiger partial charge in [-0.25, -0.2) is 0 Å². The van der Waals surface area contributed by atoms with Crippen molar-refractivity contribution in [2.24, 2.45) is 0 Å². The van der Waals surface area contributed by atoms with Gasteiger partial charge >= 0.3 is 0 Å². The molecule has 1 amide bonds. The molecule has 1 aromatic carbocycles. The summed E-state index contributed by atoms with van der Waals surface area (Å²) in [4.78, 5) is 11.5. The third kappa shape index (κ3) is 3.10. The van der Waals surface area contributed by atoms with Crippen LogP contribution in [0.4, 0.5) is 5.69 Å². The minimum Gasteiger partial charge on any atom is -0.486 e. The second-order valence-corrected chi connectivity index (χ2v) is 3.81. The van der Waals surface area contributed by atoms with Crippen LogP contribution in [0, 0.1) is 0 Å². The molecule has 0 radical (unpaired) electrons. The molecule has 2 rings (SSSR count). The number of benzene rings is 1. The van der Waals surface area contributed by atoms with Crippen molar-refractivity contribution in [1.82, 2.24) is 0 Å². The Kier molecular flexibility index (Phi) is 3.82. The zero-order valence-corrected chi connectivity index (χ0v) is 9.86. The lowest BCUT2D eigenvalue weighted by Crippen LogP contribution is -2.85. The van der Waals surface area contributed by atoms with Crippen molar-refractivity contribution < 1.29 is 19.6 Å². The van der Waals surface area contributed by atoms with Crippen molar-refractivity contribution >= 4 is 11.6 Å². The summed E-state index contributed by atoms with van der Waals surface area (Å²) in [5.74, 6) is 1.41. The lowest BCUT2D eigenvalue weighted by Gasteiger charge is -2.18. The molecule has 1 heterocycles. The SMILES string of the molecule is CC[NH2+]CC(=O)Nc1ccc2c(c1)OCCO2. The molecule has 0 atom stereocenters. The molecule has 5 nitrogen and oxygen atoms in total. The van der Waals surface area contributed by atoms with E-state index in [1.54, 1.807) is 6.07 Å². The van der Waals surface area contributed by atoms with Crippen molar-refractivity contribution in [2.45, 2.75) is 6.92 Å². The summed E-state index contributed by atoms with van der Waals surface area (Å²) in [6.07, 6.45) is 0. The minimum absolute atomic E-state index is 0.0106. The highest BCUT2D eigenvalue weighted by Crippen LogP contribution is 2.32. The van der Waals surface area contributed by atoms with Crippen molar-refractivity contribution in [3.8, 4) is 11.5 Å². The summed E-state index contributed by atoms with van der Waals surface area (Å²) in [6, 6.07) is 5.42. The Morgan fingerprint density at radius 2 is 2.12 bits per heavy atom. The van der Waals surface area contributed by atoms with Crippen LogP contribution in [0.1, 0.15) is 6.92 Å². The van der Waals surface area contributed by atoms with Gasteiger partial charge < -0.3 is 20.1 Å². The van der Waals surface area contributed by atoms with Crippen LogP contribution in [0.3, 0.4) is 0 Å². The highest BCUT2D eigenvalue weighted by atomic mass is 16.6. The van der Waals surface area contributed by atoms with Crippen LogP contribution in [0.2, 0.25) is 0 Å². The van der Waals surface area contributed by atoms with Gasteiger partial charge in [0.05, 0.1) is 6.54 Å². The molecular formula is C12H17N2O3+. The second-order valence-electron chi connectivity index (χ2n) is 3.81. The van der Waals surface area contributed by atoms with E-state index in [9.17, 15) is 4.79 Å². The van der Waals surface area contributed by atoms with Gasteiger partial charge in [-0.1, -0.05) is 0 Å². The zero-order valence-electron chi connectivity index (χ0n) is 9.86. The van der Waals surface area contributed by atoms with Gasteiger partial charge in [0.15, 0.2) is 18.0 Å². The smallest absolute Gasteiger partial charge is 0.279 e. The Labute approximate surface area is 100 Å². The summed E-state index contributed by atoms with van der Waals surface area (Å²) in [7, 11) is 0. The topological polar surface area (TPSA) is 64.2 Å². The average molecular weight is 237 g/mol. The molecule has 0 spiro atoms. The second kappa shape index (κ2) is 5.54. The number of carbonyl (C=O) groups excluding carboxylic acids is 1. The number of carbonyl (C=O) groups is 1. The molecule has 0 aliphatic carbocycles. The van der Waals surface area contributed by atoms with Gasteiger partial charge in [-0.15, -0.1) is 0 Å². The van der Waals surface area contributed by atoms with Gasteiger partial charge in [0.25, 0.3) is 5.91 Å². The Balaban J connectivity index is 1.99. The predicted molar refractivity (Wildman–Crippen MR) is 63.4 cm³/mol. The van der Waals surface area contributed by atoms with E-state index < -0.39 is 0 Å². The Hall–Kier alpha value is -1.75. The Morgan fingerprint density at radius 3 is 2.88 bits per heavy atom. The first-order chi connectivity index (χ1) is 8.29. The molecular weight excluding hydrogens is 220 g/mol. The number of fused-ring (bicyclic) bond motifs is 1. The van der Waals surface area contributed by atoms with E-state index >= 15 is 0 Å². The summed E-state index contributed by atoms with van der Waals surface area (Å²) in [6.45, 7) is 4.47. The highest BCUT2D eigenvalue weighted by Gasteiger charge is 2.12. The number of ether oxygens (including phenoxy) is 2. The number of rotatable bonds is 4. The van der Waals surface area contributed by atoms with Crippen LogP contribution in [0.15, 0.2) is 18.2 Å². The quantitative estimate of drug-likeness (QED) is 0.773. The van der Waals surface area contributed by atoms with Crippen LogP contribution < -0.4 is 20.1 Å². The lowest BCUT2D eigenvalue weighted by atomic mass is 10.2. The van der Waals surface area contributed by atoms with Gasteiger partial charge in [-0.2, -0.15) is 0 Å². The number of hydrogen-bond donors (Lipinski definition) is 2. The first-order valence-corrected chi connectivity index (χ1v) is 5.80. The van der Waals surface area contributed by atoms with Crippen LogP contribution in [-0.4, -0.2) is 32.2 Å². The molecule has 92 valence electrons. The molecule has 1 aliphatic heterocycles. The lowest BCUT2D eigenvalue weighted by molar-refractivity contribution is -0.640. The molecule has 1 aliphatic rings. The van der Waals surface area contributed by atoms with Crippen molar-refractivity contribution in [1.29, 1.82) is 0 Å². The highest BCUT2D eigenvalue weighted by molar-refractivity contribution is 5.91. The van der Waals surface area contributed by atoms with Crippen LogP contribution >= 0.6 is 0 Å². The minimum atomic E-state index is -0.0106. The molecule has 17 heavy (non-hydrogen) atoms. The fourth-order valence-corrected chi connectivity index (χ4v) is 1.61. The van der Waals surface area contributed by atoms with E-state index in [0.717, 1.165) is 18.0 Å². The number of nitrogens with two attached hydrogens (primary N) is 1. The Bertz CT molecular complexity index is 407. The van der Waals surface area contributed by atoms with E-state index in [1.165, 1.54) is 0 Å². The largest absolute Gasteiger partial charge is 0.486 e. The molecule has 0 aromatic heterocycles. The first-order valence-electron chi connectivity index (χ1n) is 5.80. The molecule has 0 saturated carbocycles. The maximum atomic E-state index is 11.5. The molecule has 0 bridgehead atoms. The van der Waals surface area contributed by atoms with Crippen LogP contribution in [0.25, 0.3) is 0 Å². The van der Waals surface area contributed by atoms with Crippen LogP contribution in [-0.2, 0) is 4.79 Å². The summed E-state index contributed by atoms with van der Waals surface area (Å²) >= 11 is 0. The maximum absolute atomic E-state index is 11.5. The number of quaternary nitrogens is 1. The monoisotopic (exact) mass is 237 g/mol. The fraction of sp³-hybridized carbons (Fsp3) is 0.417. The van der Waals surface area contributed by atoms with E-state index in [2.05, 4.69) is 5.32 Å². The van der Waals surface area contributed by atoms with E-state index in [-0.39, 0.29) is 5.91 Å².